The van der Waals surface area contributed by atoms with E-state index in [1.54, 1.807) is 48.5 Å². The highest BCUT2D eigenvalue weighted by atomic mass is 35.5. The molecule has 0 heterocycles. The van der Waals surface area contributed by atoms with E-state index in [2.05, 4.69) is 5.32 Å². The van der Waals surface area contributed by atoms with E-state index in [9.17, 15) is 18.0 Å². The Morgan fingerprint density at radius 2 is 1.64 bits per heavy atom. The van der Waals surface area contributed by atoms with E-state index in [4.69, 9.17) is 16.3 Å². The lowest BCUT2D eigenvalue weighted by atomic mass is 10.0. The van der Waals surface area contributed by atoms with Crippen LogP contribution in [0.2, 0.25) is 5.02 Å². The van der Waals surface area contributed by atoms with Crippen molar-refractivity contribution < 1.29 is 22.7 Å². The Morgan fingerprint density at radius 1 is 0.974 bits per heavy atom. The minimum absolute atomic E-state index is 0.0111. The van der Waals surface area contributed by atoms with Crippen molar-refractivity contribution >= 4 is 39.1 Å². The smallest absolute Gasteiger partial charge is 0.244 e. The first-order chi connectivity index (χ1) is 18.5. The second kappa shape index (κ2) is 13.5. The van der Waals surface area contributed by atoms with Crippen LogP contribution in [0.5, 0.6) is 5.75 Å². The molecule has 0 bridgehead atoms. The van der Waals surface area contributed by atoms with Gasteiger partial charge in [-0.15, -0.1) is 0 Å². The number of anilines is 1. The summed E-state index contributed by atoms with van der Waals surface area (Å²) in [4.78, 5) is 29.0. The number of benzene rings is 3. The molecule has 0 aliphatic rings. The quantitative estimate of drug-likeness (QED) is 0.350. The molecule has 2 amide bonds. The fourth-order valence-electron chi connectivity index (χ4n) is 4.12. The van der Waals surface area contributed by atoms with Crippen LogP contribution in [0.25, 0.3) is 0 Å². The topological polar surface area (TPSA) is 96.0 Å². The number of sulfonamides is 1. The Hall–Kier alpha value is -3.56. The van der Waals surface area contributed by atoms with Crippen LogP contribution in [-0.2, 0) is 32.6 Å². The highest BCUT2D eigenvalue weighted by Crippen LogP contribution is 2.25. The summed E-state index contributed by atoms with van der Waals surface area (Å²) in [6.07, 6.45) is 1.26. The third-order valence-corrected chi connectivity index (χ3v) is 7.53. The maximum absolute atomic E-state index is 14.0. The highest BCUT2D eigenvalue weighted by Gasteiger charge is 2.33. The van der Waals surface area contributed by atoms with Gasteiger partial charge in [0, 0.05) is 30.1 Å². The van der Waals surface area contributed by atoms with Crippen molar-refractivity contribution in [2.24, 2.45) is 0 Å². The predicted octanol–water partition coefficient (Wildman–Crippen LogP) is 4.28. The van der Waals surface area contributed by atoms with Gasteiger partial charge in [0.15, 0.2) is 0 Å². The molecule has 208 valence electrons. The second-order valence-electron chi connectivity index (χ2n) is 9.45. The van der Waals surface area contributed by atoms with Crippen molar-refractivity contribution in [3.63, 3.8) is 0 Å². The minimum Gasteiger partial charge on any atom is -0.497 e. The van der Waals surface area contributed by atoms with Gasteiger partial charge < -0.3 is 15.0 Å². The number of carbonyl (C=O) groups is 2. The van der Waals surface area contributed by atoms with Gasteiger partial charge in [-0.2, -0.15) is 0 Å². The number of nitrogens with one attached hydrogen (secondary N) is 1. The van der Waals surface area contributed by atoms with E-state index in [1.807, 2.05) is 44.2 Å². The summed E-state index contributed by atoms with van der Waals surface area (Å²) in [5.41, 5.74) is 1.76. The molecule has 3 aromatic carbocycles. The minimum atomic E-state index is -3.87. The average Bonchev–Trinajstić information content (AvgIpc) is 2.89. The lowest BCUT2D eigenvalue weighted by Crippen LogP contribution is -2.54. The Bertz CT molecular complexity index is 1380. The Labute approximate surface area is 235 Å². The molecule has 0 saturated heterocycles. The fourth-order valence-corrected chi connectivity index (χ4v) is 5.16. The van der Waals surface area contributed by atoms with Gasteiger partial charge in [-0.3, -0.25) is 13.9 Å². The molecule has 0 aliphatic carbocycles. The molecule has 0 radical (unpaired) electrons. The largest absolute Gasteiger partial charge is 0.497 e. The van der Waals surface area contributed by atoms with Gasteiger partial charge in [-0.05, 0) is 43.2 Å². The highest BCUT2D eigenvalue weighted by molar-refractivity contribution is 7.92. The Balaban J connectivity index is 2.07. The zero-order valence-electron chi connectivity index (χ0n) is 22.5. The summed E-state index contributed by atoms with van der Waals surface area (Å²) >= 11 is 6.45. The van der Waals surface area contributed by atoms with Gasteiger partial charge >= 0.3 is 0 Å². The molecule has 1 N–H and O–H groups in total. The molecular formula is C29H34ClN3O5S. The number of carbonyl (C=O) groups excluding carboxylic acids is 2. The van der Waals surface area contributed by atoms with E-state index >= 15 is 0 Å². The molecule has 1 unspecified atom stereocenters. The summed E-state index contributed by atoms with van der Waals surface area (Å²) in [5, 5.41) is 3.35. The number of hydrogen-bond acceptors (Lipinski definition) is 5. The predicted molar refractivity (Wildman–Crippen MR) is 154 cm³/mol. The van der Waals surface area contributed by atoms with Crippen molar-refractivity contribution in [1.29, 1.82) is 0 Å². The second-order valence-corrected chi connectivity index (χ2v) is 11.8. The number of methoxy groups -OCH3 is 1. The van der Waals surface area contributed by atoms with E-state index in [1.165, 1.54) is 12.0 Å². The number of rotatable bonds is 12. The van der Waals surface area contributed by atoms with Gasteiger partial charge in [0.05, 0.1) is 19.1 Å². The monoisotopic (exact) mass is 571 g/mol. The van der Waals surface area contributed by atoms with Crippen molar-refractivity contribution in [3.05, 3.63) is 95.0 Å². The first-order valence-corrected chi connectivity index (χ1v) is 14.7. The summed E-state index contributed by atoms with van der Waals surface area (Å²) in [6, 6.07) is 21.8. The summed E-state index contributed by atoms with van der Waals surface area (Å²) < 4.78 is 32.0. The number of nitrogens with zero attached hydrogens (tertiary/aromatic N) is 2. The molecule has 1 atom stereocenters. The number of amides is 2. The van der Waals surface area contributed by atoms with Crippen LogP contribution in [0.1, 0.15) is 25.0 Å². The first-order valence-electron chi connectivity index (χ1n) is 12.5. The normalized spacial score (nSPS) is 12.1. The fraction of sp³-hybridized carbons (Fsp3) is 0.310. The molecule has 0 spiro atoms. The molecule has 0 saturated carbocycles. The first kappa shape index (κ1) is 30.0. The molecular weight excluding hydrogens is 538 g/mol. The van der Waals surface area contributed by atoms with Crippen LogP contribution in [0, 0.1) is 0 Å². The molecule has 39 heavy (non-hydrogen) atoms. The molecule has 10 heteroatoms. The van der Waals surface area contributed by atoms with Crippen LogP contribution in [0.4, 0.5) is 5.69 Å². The Kier molecular flexibility index (Phi) is 10.4. The summed E-state index contributed by atoms with van der Waals surface area (Å²) in [6.45, 7) is 3.17. The standard InChI is InChI=1S/C29H34ClN3O5S/c1-21(2)31-29(35)27(17-22-11-6-5-7-12-22)32(19-23-13-8-9-16-26(23)30)28(34)20-33(39(4,36)37)24-14-10-15-25(18-24)38-3/h5-16,18,21,27H,17,19-20H2,1-4H3,(H,31,35). The molecule has 0 aromatic heterocycles. The zero-order chi connectivity index (χ0) is 28.6. The molecule has 3 aromatic rings. The van der Waals surface area contributed by atoms with Crippen molar-refractivity contribution in [2.75, 3.05) is 24.2 Å². The summed E-state index contributed by atoms with van der Waals surface area (Å²) in [7, 11) is -2.40. The lowest BCUT2D eigenvalue weighted by Gasteiger charge is -2.34. The molecule has 3 rings (SSSR count). The maximum Gasteiger partial charge on any atom is 0.244 e. The Morgan fingerprint density at radius 3 is 2.26 bits per heavy atom. The van der Waals surface area contributed by atoms with E-state index in [-0.39, 0.29) is 30.6 Å². The van der Waals surface area contributed by atoms with Crippen molar-refractivity contribution in [3.8, 4) is 5.75 Å². The van der Waals surface area contributed by atoms with Crippen LogP contribution < -0.4 is 14.4 Å². The van der Waals surface area contributed by atoms with Gasteiger partial charge in [0.2, 0.25) is 21.8 Å². The maximum atomic E-state index is 14.0. The van der Waals surface area contributed by atoms with Crippen LogP contribution >= 0.6 is 11.6 Å². The van der Waals surface area contributed by atoms with Gasteiger partial charge in [-0.1, -0.05) is 66.2 Å². The molecule has 0 fully saturated rings. The zero-order valence-corrected chi connectivity index (χ0v) is 24.1. The average molecular weight is 572 g/mol. The van der Waals surface area contributed by atoms with Crippen LogP contribution in [-0.4, -0.2) is 57.1 Å². The van der Waals surface area contributed by atoms with Gasteiger partial charge in [0.25, 0.3) is 0 Å². The summed E-state index contributed by atoms with van der Waals surface area (Å²) in [5.74, 6) is -0.454. The van der Waals surface area contributed by atoms with E-state index < -0.39 is 28.5 Å². The number of halogens is 1. The third-order valence-electron chi connectivity index (χ3n) is 6.02. The van der Waals surface area contributed by atoms with Gasteiger partial charge in [-0.25, -0.2) is 8.42 Å². The SMILES string of the molecule is COc1cccc(N(CC(=O)N(Cc2ccccc2Cl)C(Cc2ccccc2)C(=O)NC(C)C)S(C)(=O)=O)c1. The van der Waals surface area contributed by atoms with Crippen molar-refractivity contribution in [2.45, 2.75) is 38.9 Å². The number of hydrogen-bond donors (Lipinski definition) is 1. The van der Waals surface area contributed by atoms with Crippen molar-refractivity contribution in [1.82, 2.24) is 10.2 Å². The van der Waals surface area contributed by atoms with Crippen LogP contribution in [0.3, 0.4) is 0 Å². The lowest BCUT2D eigenvalue weighted by molar-refractivity contribution is -0.140. The molecule has 0 aliphatic heterocycles. The molecule has 8 nitrogen and oxygen atoms in total. The van der Waals surface area contributed by atoms with E-state index in [0.29, 0.717) is 16.3 Å². The van der Waals surface area contributed by atoms with E-state index in [0.717, 1.165) is 16.1 Å². The third kappa shape index (κ3) is 8.46. The van der Waals surface area contributed by atoms with Crippen LogP contribution in [0.15, 0.2) is 78.9 Å². The van der Waals surface area contributed by atoms with Gasteiger partial charge in [0.1, 0.15) is 18.3 Å². The number of ether oxygens (including phenoxy) is 1.